The molecule has 1 unspecified atom stereocenters. The second-order valence-electron chi connectivity index (χ2n) is 5.13. The minimum absolute atomic E-state index is 0.00769. The Balaban J connectivity index is 1.94. The standard InChI is InChI=1S/C13H22N4O2/c1-9-7-17(5-6-19-9)8-12(18)14-13-10(2)15-16(4)11(13)3/h9H,5-8H2,1-4H3,(H,14,18). The third-order valence-corrected chi connectivity index (χ3v) is 3.47. The molecule has 1 aromatic heterocycles. The zero-order chi connectivity index (χ0) is 14.0. The number of hydrogen-bond acceptors (Lipinski definition) is 4. The maximum atomic E-state index is 12.1. The van der Waals surface area contributed by atoms with Crippen molar-refractivity contribution < 1.29 is 9.53 Å². The summed E-state index contributed by atoms with van der Waals surface area (Å²) in [4.78, 5) is 14.2. The molecule has 0 radical (unpaired) electrons. The summed E-state index contributed by atoms with van der Waals surface area (Å²) < 4.78 is 7.24. The van der Waals surface area contributed by atoms with Crippen LogP contribution in [0.3, 0.4) is 0 Å². The number of aromatic nitrogens is 2. The van der Waals surface area contributed by atoms with Crippen molar-refractivity contribution in [3.05, 3.63) is 11.4 Å². The van der Waals surface area contributed by atoms with Gasteiger partial charge in [0, 0.05) is 20.1 Å². The van der Waals surface area contributed by atoms with Gasteiger partial charge in [-0.2, -0.15) is 5.10 Å². The van der Waals surface area contributed by atoms with Crippen molar-refractivity contribution >= 4 is 11.6 Å². The van der Waals surface area contributed by atoms with E-state index in [9.17, 15) is 4.79 Å². The molecule has 1 amide bonds. The zero-order valence-electron chi connectivity index (χ0n) is 12.1. The van der Waals surface area contributed by atoms with E-state index in [2.05, 4.69) is 15.3 Å². The number of morpholine rings is 1. The highest BCUT2D eigenvalue weighted by Crippen LogP contribution is 2.18. The molecule has 0 aliphatic carbocycles. The van der Waals surface area contributed by atoms with Gasteiger partial charge in [-0.1, -0.05) is 0 Å². The molecule has 6 heteroatoms. The molecule has 19 heavy (non-hydrogen) atoms. The van der Waals surface area contributed by atoms with Gasteiger partial charge in [0.05, 0.1) is 36.3 Å². The molecule has 1 fully saturated rings. The topological polar surface area (TPSA) is 59.4 Å². The van der Waals surface area contributed by atoms with Gasteiger partial charge in [-0.05, 0) is 20.8 Å². The monoisotopic (exact) mass is 266 g/mol. The van der Waals surface area contributed by atoms with Crippen molar-refractivity contribution in [2.24, 2.45) is 7.05 Å². The summed E-state index contributed by atoms with van der Waals surface area (Å²) in [5, 5.41) is 7.25. The van der Waals surface area contributed by atoms with Gasteiger partial charge in [0.2, 0.25) is 5.91 Å². The van der Waals surface area contributed by atoms with Crippen molar-refractivity contribution in [2.45, 2.75) is 26.9 Å². The first-order valence-electron chi connectivity index (χ1n) is 6.61. The molecule has 2 heterocycles. The van der Waals surface area contributed by atoms with Crippen molar-refractivity contribution in [2.75, 3.05) is 31.6 Å². The second kappa shape index (κ2) is 5.71. The summed E-state index contributed by atoms with van der Waals surface area (Å²) in [6.45, 7) is 8.59. The van der Waals surface area contributed by atoms with Gasteiger partial charge < -0.3 is 10.1 Å². The summed E-state index contributed by atoms with van der Waals surface area (Å²) in [5.41, 5.74) is 2.65. The number of nitrogens with one attached hydrogen (secondary N) is 1. The number of amides is 1. The van der Waals surface area contributed by atoms with Gasteiger partial charge in [-0.15, -0.1) is 0 Å². The predicted molar refractivity (Wildman–Crippen MR) is 73.2 cm³/mol. The summed E-state index contributed by atoms with van der Waals surface area (Å²) in [7, 11) is 1.88. The minimum atomic E-state index is 0.00769. The summed E-state index contributed by atoms with van der Waals surface area (Å²) in [6, 6.07) is 0. The first-order valence-corrected chi connectivity index (χ1v) is 6.61. The Morgan fingerprint density at radius 3 is 2.84 bits per heavy atom. The normalized spacial score (nSPS) is 20.5. The van der Waals surface area contributed by atoms with Gasteiger partial charge in [-0.3, -0.25) is 14.4 Å². The molecule has 0 aromatic carbocycles. The maximum absolute atomic E-state index is 12.1. The number of carbonyl (C=O) groups excluding carboxylic acids is 1. The Bertz CT molecular complexity index is 469. The quantitative estimate of drug-likeness (QED) is 0.875. The first-order chi connectivity index (χ1) is 8.97. The lowest BCUT2D eigenvalue weighted by Crippen LogP contribution is -2.44. The van der Waals surface area contributed by atoms with Crippen LogP contribution in [0.5, 0.6) is 0 Å². The van der Waals surface area contributed by atoms with Crippen molar-refractivity contribution in [3.8, 4) is 0 Å². The van der Waals surface area contributed by atoms with Crippen molar-refractivity contribution in [3.63, 3.8) is 0 Å². The van der Waals surface area contributed by atoms with Gasteiger partial charge in [0.15, 0.2) is 0 Å². The molecule has 6 nitrogen and oxygen atoms in total. The molecule has 2 rings (SSSR count). The minimum Gasteiger partial charge on any atom is -0.376 e. The van der Waals surface area contributed by atoms with Crippen molar-refractivity contribution in [1.29, 1.82) is 0 Å². The summed E-state index contributed by atoms with van der Waals surface area (Å²) >= 11 is 0. The van der Waals surface area contributed by atoms with Gasteiger partial charge >= 0.3 is 0 Å². The fourth-order valence-electron chi connectivity index (χ4n) is 2.37. The van der Waals surface area contributed by atoms with Crippen LogP contribution < -0.4 is 5.32 Å². The fourth-order valence-corrected chi connectivity index (χ4v) is 2.37. The average molecular weight is 266 g/mol. The molecule has 0 saturated carbocycles. The predicted octanol–water partition coefficient (Wildman–Crippen LogP) is 0.696. The fraction of sp³-hybridized carbons (Fsp3) is 0.692. The highest BCUT2D eigenvalue weighted by molar-refractivity contribution is 5.93. The van der Waals surface area contributed by atoms with E-state index in [1.165, 1.54) is 0 Å². The number of hydrogen-bond donors (Lipinski definition) is 1. The Kier molecular flexibility index (Phi) is 4.21. The Morgan fingerprint density at radius 1 is 1.53 bits per heavy atom. The third kappa shape index (κ3) is 3.33. The number of carbonyl (C=O) groups is 1. The van der Waals surface area contributed by atoms with Gasteiger partial charge in [0.25, 0.3) is 0 Å². The zero-order valence-corrected chi connectivity index (χ0v) is 12.1. The second-order valence-corrected chi connectivity index (χ2v) is 5.13. The van der Waals surface area contributed by atoms with Crippen LogP contribution in [0.25, 0.3) is 0 Å². The maximum Gasteiger partial charge on any atom is 0.238 e. The van der Waals surface area contributed by atoms with Crippen LogP contribution in [0.2, 0.25) is 0 Å². The van der Waals surface area contributed by atoms with Gasteiger partial charge in [0.1, 0.15) is 0 Å². The SMILES string of the molecule is Cc1nn(C)c(C)c1NC(=O)CN1CCOC(C)C1. The molecule has 1 atom stereocenters. The lowest BCUT2D eigenvalue weighted by Gasteiger charge is -2.30. The largest absolute Gasteiger partial charge is 0.376 e. The van der Waals surface area contributed by atoms with Crippen LogP contribution in [-0.4, -0.2) is 52.9 Å². The summed E-state index contributed by atoms with van der Waals surface area (Å²) in [5.74, 6) is 0.00769. The Hall–Kier alpha value is -1.40. The molecule has 1 aliphatic heterocycles. The van der Waals surface area contributed by atoms with E-state index in [4.69, 9.17) is 4.74 Å². The van der Waals surface area contributed by atoms with Crippen LogP contribution in [0.15, 0.2) is 0 Å². The van der Waals surface area contributed by atoms with Gasteiger partial charge in [-0.25, -0.2) is 0 Å². The third-order valence-electron chi connectivity index (χ3n) is 3.47. The molecule has 1 aromatic rings. The first kappa shape index (κ1) is 14.0. The molecule has 1 saturated heterocycles. The van der Waals surface area contributed by atoms with E-state index in [0.717, 1.165) is 30.2 Å². The number of ether oxygens (including phenoxy) is 1. The van der Waals surface area contributed by atoms with Crippen LogP contribution in [0, 0.1) is 13.8 Å². The van der Waals surface area contributed by atoms with Crippen LogP contribution in [-0.2, 0) is 16.6 Å². The highest BCUT2D eigenvalue weighted by atomic mass is 16.5. The van der Waals surface area contributed by atoms with Crippen LogP contribution in [0.4, 0.5) is 5.69 Å². The molecule has 1 N–H and O–H groups in total. The van der Waals surface area contributed by atoms with E-state index in [1.54, 1.807) is 4.68 Å². The van der Waals surface area contributed by atoms with Crippen molar-refractivity contribution in [1.82, 2.24) is 14.7 Å². The van der Waals surface area contributed by atoms with E-state index in [0.29, 0.717) is 13.2 Å². The highest BCUT2D eigenvalue weighted by Gasteiger charge is 2.20. The molecular weight excluding hydrogens is 244 g/mol. The molecule has 0 spiro atoms. The molecule has 0 bridgehead atoms. The lowest BCUT2D eigenvalue weighted by atomic mass is 10.3. The van der Waals surface area contributed by atoms with E-state index in [-0.39, 0.29) is 12.0 Å². The van der Waals surface area contributed by atoms with E-state index in [1.807, 2.05) is 27.8 Å². The Labute approximate surface area is 113 Å². The number of rotatable bonds is 3. The van der Waals surface area contributed by atoms with E-state index < -0.39 is 0 Å². The number of anilines is 1. The number of nitrogens with zero attached hydrogens (tertiary/aromatic N) is 3. The van der Waals surface area contributed by atoms with Crippen LogP contribution in [0.1, 0.15) is 18.3 Å². The smallest absolute Gasteiger partial charge is 0.238 e. The molecular formula is C13H22N4O2. The van der Waals surface area contributed by atoms with E-state index >= 15 is 0 Å². The lowest BCUT2D eigenvalue weighted by molar-refractivity contribution is -0.119. The molecule has 1 aliphatic rings. The summed E-state index contributed by atoms with van der Waals surface area (Å²) in [6.07, 6.45) is 0.198. The molecule has 106 valence electrons. The Morgan fingerprint density at radius 2 is 2.26 bits per heavy atom. The van der Waals surface area contributed by atoms with Crippen LogP contribution >= 0.6 is 0 Å². The average Bonchev–Trinajstić information content (AvgIpc) is 2.56. The number of aryl methyl sites for hydroxylation is 2.